The van der Waals surface area contributed by atoms with Crippen LogP contribution in [0.15, 0.2) is 0 Å². The molecule has 0 aliphatic carbocycles. The fraction of sp³-hybridized carbons (Fsp3) is 0.933. The van der Waals surface area contributed by atoms with E-state index in [0.717, 1.165) is 18.3 Å². The number of alkyl halides is 1. The average Bonchev–Trinajstić information content (AvgIpc) is 2.52. The molecule has 0 spiro atoms. The summed E-state index contributed by atoms with van der Waals surface area (Å²) in [5.41, 5.74) is 0.214. The van der Waals surface area contributed by atoms with Gasteiger partial charge in [0.05, 0.1) is 0 Å². The van der Waals surface area contributed by atoms with Crippen LogP contribution in [-0.2, 0) is 4.79 Å². The minimum atomic E-state index is 0.214. The van der Waals surface area contributed by atoms with E-state index < -0.39 is 0 Å². The molecule has 0 bridgehead atoms. The normalized spacial score (nSPS) is 23.6. The zero-order valence-corrected chi connectivity index (χ0v) is 13.9. The van der Waals surface area contributed by atoms with Gasteiger partial charge < -0.3 is 4.90 Å². The molecule has 1 aliphatic heterocycles. The number of amides is 1. The van der Waals surface area contributed by atoms with E-state index in [2.05, 4.69) is 48.5 Å². The van der Waals surface area contributed by atoms with Gasteiger partial charge in [0, 0.05) is 24.3 Å². The molecule has 2 nitrogen and oxygen atoms in total. The third-order valence-electron chi connectivity index (χ3n) is 4.33. The Labute approximate surface area is 121 Å². The van der Waals surface area contributed by atoms with Crippen molar-refractivity contribution in [2.45, 2.75) is 65.8 Å². The molecule has 2 atom stereocenters. The Bertz CT molecular complexity index is 272. The van der Waals surface area contributed by atoms with Gasteiger partial charge in [-0.3, -0.25) is 4.79 Å². The second kappa shape index (κ2) is 6.93. The highest BCUT2D eigenvalue weighted by molar-refractivity contribution is 9.09. The van der Waals surface area contributed by atoms with Crippen molar-refractivity contribution in [3.63, 3.8) is 0 Å². The van der Waals surface area contributed by atoms with Crippen molar-refractivity contribution in [2.75, 3.05) is 11.9 Å². The van der Waals surface area contributed by atoms with Crippen molar-refractivity contribution >= 4 is 21.8 Å². The summed E-state index contributed by atoms with van der Waals surface area (Å²) in [7, 11) is 0. The smallest absolute Gasteiger partial charge is 0.223 e. The molecule has 0 aromatic rings. The molecule has 0 saturated carbocycles. The molecule has 106 valence electrons. The lowest BCUT2D eigenvalue weighted by atomic mass is 9.80. The van der Waals surface area contributed by atoms with E-state index in [9.17, 15) is 4.79 Å². The van der Waals surface area contributed by atoms with Crippen molar-refractivity contribution in [1.82, 2.24) is 4.90 Å². The van der Waals surface area contributed by atoms with Gasteiger partial charge in [0.1, 0.15) is 0 Å². The van der Waals surface area contributed by atoms with Gasteiger partial charge in [0.25, 0.3) is 0 Å². The SMILES string of the molecule is CC(CC(=O)N1CCCCCC1CBr)C(C)(C)C. The van der Waals surface area contributed by atoms with Gasteiger partial charge in [-0.05, 0) is 24.2 Å². The van der Waals surface area contributed by atoms with E-state index in [1.165, 1.54) is 19.3 Å². The first-order valence-corrected chi connectivity index (χ1v) is 8.34. The van der Waals surface area contributed by atoms with Crippen LogP contribution in [-0.4, -0.2) is 28.7 Å². The lowest BCUT2D eigenvalue weighted by Gasteiger charge is -2.33. The lowest BCUT2D eigenvalue weighted by Crippen LogP contribution is -2.42. The maximum atomic E-state index is 12.5. The van der Waals surface area contributed by atoms with Crippen LogP contribution in [0.1, 0.15) is 59.8 Å². The van der Waals surface area contributed by atoms with Gasteiger partial charge >= 0.3 is 0 Å². The molecule has 1 amide bonds. The minimum absolute atomic E-state index is 0.214. The Morgan fingerprint density at radius 2 is 2.00 bits per heavy atom. The second-order valence-electron chi connectivity index (χ2n) is 6.72. The Morgan fingerprint density at radius 1 is 1.33 bits per heavy atom. The molecule has 0 radical (unpaired) electrons. The van der Waals surface area contributed by atoms with Crippen molar-refractivity contribution < 1.29 is 4.79 Å². The summed E-state index contributed by atoms with van der Waals surface area (Å²) in [6.07, 6.45) is 5.53. The predicted molar refractivity (Wildman–Crippen MR) is 81.0 cm³/mol. The number of carbonyl (C=O) groups excluding carboxylic acids is 1. The molecule has 1 fully saturated rings. The predicted octanol–water partition coefficient (Wildman–Crippen LogP) is 4.22. The van der Waals surface area contributed by atoms with Gasteiger partial charge in [0.15, 0.2) is 0 Å². The van der Waals surface area contributed by atoms with Crippen LogP contribution in [0.2, 0.25) is 0 Å². The van der Waals surface area contributed by atoms with Crippen LogP contribution in [0.25, 0.3) is 0 Å². The van der Waals surface area contributed by atoms with Crippen LogP contribution in [0.3, 0.4) is 0 Å². The Morgan fingerprint density at radius 3 is 2.56 bits per heavy atom. The van der Waals surface area contributed by atoms with Gasteiger partial charge in [-0.15, -0.1) is 0 Å². The first kappa shape index (κ1) is 16.0. The van der Waals surface area contributed by atoms with Crippen LogP contribution in [0.4, 0.5) is 0 Å². The number of likely N-dealkylation sites (tertiary alicyclic amines) is 1. The van der Waals surface area contributed by atoms with Gasteiger partial charge in [-0.1, -0.05) is 56.5 Å². The van der Waals surface area contributed by atoms with Crippen molar-refractivity contribution in [3.05, 3.63) is 0 Å². The maximum Gasteiger partial charge on any atom is 0.223 e. The fourth-order valence-corrected chi connectivity index (χ4v) is 3.02. The van der Waals surface area contributed by atoms with Crippen molar-refractivity contribution in [1.29, 1.82) is 0 Å². The zero-order chi connectivity index (χ0) is 13.8. The minimum Gasteiger partial charge on any atom is -0.339 e. The van der Waals surface area contributed by atoms with Gasteiger partial charge in [-0.2, -0.15) is 0 Å². The summed E-state index contributed by atoms with van der Waals surface area (Å²) in [5, 5.41) is 0.919. The maximum absolute atomic E-state index is 12.5. The van der Waals surface area contributed by atoms with Crippen LogP contribution < -0.4 is 0 Å². The molecule has 0 aromatic carbocycles. The third kappa shape index (κ3) is 4.56. The Hall–Kier alpha value is -0.0500. The number of rotatable bonds is 3. The van der Waals surface area contributed by atoms with E-state index in [1.54, 1.807) is 0 Å². The molecule has 1 rings (SSSR count). The molecule has 0 N–H and O–H groups in total. The quantitative estimate of drug-likeness (QED) is 0.713. The monoisotopic (exact) mass is 317 g/mol. The molecule has 2 unspecified atom stereocenters. The largest absolute Gasteiger partial charge is 0.339 e. The van der Waals surface area contributed by atoms with Crippen LogP contribution in [0.5, 0.6) is 0 Å². The summed E-state index contributed by atoms with van der Waals surface area (Å²) in [6, 6.07) is 0.409. The molecule has 3 heteroatoms. The number of hydrogen-bond donors (Lipinski definition) is 0. The summed E-state index contributed by atoms with van der Waals surface area (Å²) in [6.45, 7) is 9.80. The molecule has 1 saturated heterocycles. The highest BCUT2D eigenvalue weighted by atomic mass is 79.9. The number of nitrogens with zero attached hydrogens (tertiary/aromatic N) is 1. The van der Waals surface area contributed by atoms with Crippen molar-refractivity contribution in [2.24, 2.45) is 11.3 Å². The zero-order valence-electron chi connectivity index (χ0n) is 12.3. The van der Waals surface area contributed by atoms with E-state index in [4.69, 9.17) is 0 Å². The summed E-state index contributed by atoms with van der Waals surface area (Å²) >= 11 is 3.57. The average molecular weight is 318 g/mol. The van der Waals surface area contributed by atoms with Gasteiger partial charge in [-0.25, -0.2) is 0 Å². The number of hydrogen-bond acceptors (Lipinski definition) is 1. The standard InChI is InChI=1S/C15H28BrNO/c1-12(15(2,3)4)10-14(18)17-9-7-5-6-8-13(17)11-16/h12-13H,5-11H2,1-4H3. The van der Waals surface area contributed by atoms with E-state index in [1.807, 2.05) is 0 Å². The summed E-state index contributed by atoms with van der Waals surface area (Å²) in [5.74, 6) is 0.785. The van der Waals surface area contributed by atoms with Crippen molar-refractivity contribution in [3.8, 4) is 0 Å². The third-order valence-corrected chi connectivity index (χ3v) is 5.08. The van der Waals surface area contributed by atoms with E-state index in [-0.39, 0.29) is 5.41 Å². The highest BCUT2D eigenvalue weighted by Crippen LogP contribution is 2.29. The number of carbonyl (C=O) groups is 1. The topological polar surface area (TPSA) is 20.3 Å². The molecule has 1 heterocycles. The number of halogens is 1. The summed E-state index contributed by atoms with van der Waals surface area (Å²) < 4.78 is 0. The Balaban J connectivity index is 2.62. The second-order valence-corrected chi connectivity index (χ2v) is 7.36. The first-order valence-electron chi connectivity index (χ1n) is 7.21. The Kier molecular flexibility index (Phi) is 6.16. The van der Waals surface area contributed by atoms with Crippen LogP contribution >= 0.6 is 15.9 Å². The molecular weight excluding hydrogens is 290 g/mol. The lowest BCUT2D eigenvalue weighted by molar-refractivity contribution is -0.134. The van der Waals surface area contributed by atoms with E-state index in [0.29, 0.717) is 24.3 Å². The molecular formula is C15H28BrNO. The van der Waals surface area contributed by atoms with E-state index >= 15 is 0 Å². The fourth-order valence-electron chi connectivity index (χ4n) is 2.35. The molecule has 0 aromatic heterocycles. The van der Waals surface area contributed by atoms with Crippen LogP contribution in [0, 0.1) is 11.3 Å². The highest BCUT2D eigenvalue weighted by Gasteiger charge is 2.28. The van der Waals surface area contributed by atoms with Gasteiger partial charge in [0.2, 0.25) is 5.91 Å². The molecule has 1 aliphatic rings. The molecule has 18 heavy (non-hydrogen) atoms. The first-order chi connectivity index (χ1) is 8.36. The summed E-state index contributed by atoms with van der Waals surface area (Å²) in [4.78, 5) is 14.6.